The van der Waals surface area contributed by atoms with Gasteiger partial charge in [-0.1, -0.05) is 0 Å². The zero-order valence-electron chi connectivity index (χ0n) is 12.0. The Morgan fingerprint density at radius 3 is 1.83 bits per heavy atom. The van der Waals surface area contributed by atoms with Crippen LogP contribution < -0.4 is 0 Å². The molecule has 0 spiro atoms. The molecule has 0 bridgehead atoms. The van der Waals surface area contributed by atoms with Gasteiger partial charge in [-0.15, -0.1) is 0 Å². The minimum Gasteiger partial charge on any atom is -0.394 e. The maximum atomic E-state index is 9.78. The summed E-state index contributed by atoms with van der Waals surface area (Å²) < 4.78 is 15.1. The molecule has 0 aliphatic carbocycles. The van der Waals surface area contributed by atoms with Crippen LogP contribution in [0.5, 0.6) is 0 Å². The summed E-state index contributed by atoms with van der Waals surface area (Å²) >= 11 is 0. The van der Waals surface area contributed by atoms with Crippen molar-refractivity contribution in [2.75, 3.05) is 13.2 Å². The molecular weight excluding hydrogens is 320 g/mol. The van der Waals surface area contributed by atoms with Crippen molar-refractivity contribution in [1.82, 2.24) is 0 Å². The normalized spacial score (nSPS) is 51.7. The van der Waals surface area contributed by atoms with E-state index in [4.69, 9.17) is 19.3 Å². The van der Waals surface area contributed by atoms with Gasteiger partial charge in [-0.2, -0.15) is 0 Å². The van der Waals surface area contributed by atoms with E-state index in [9.17, 15) is 35.7 Å². The first-order valence-electron chi connectivity index (χ1n) is 7.07. The lowest BCUT2D eigenvalue weighted by atomic mass is 9.98. The first-order chi connectivity index (χ1) is 10.8. The van der Waals surface area contributed by atoms with E-state index < -0.39 is 74.6 Å². The Kier molecular flexibility index (Phi) is 6.27. The predicted octanol–water partition coefficient (Wildman–Crippen LogP) is -5.40. The molecule has 2 rings (SSSR count). The summed E-state index contributed by atoms with van der Waals surface area (Å²) in [5.41, 5.74) is 0. The van der Waals surface area contributed by atoms with Crippen molar-refractivity contribution >= 4 is 0 Å². The summed E-state index contributed by atoms with van der Waals surface area (Å²) in [4.78, 5) is 0. The van der Waals surface area contributed by atoms with E-state index in [0.717, 1.165) is 0 Å². The van der Waals surface area contributed by atoms with E-state index >= 15 is 0 Å². The van der Waals surface area contributed by atoms with Crippen LogP contribution in [0.2, 0.25) is 0 Å². The standard InChI is InChI=1S/C12H22O11/c13-1-3-5(14)8(17)10(19)12(23-3)21-2-4-6(15)7(16)9(18)11(20)22-4/h3-20H,1-2H2/t3-,4-,5+,6-,7+,8+,9+,10-,11+,12-/m1/s1. The van der Waals surface area contributed by atoms with Crippen LogP contribution in [-0.4, -0.2) is 115 Å². The van der Waals surface area contributed by atoms with Gasteiger partial charge in [-0.3, -0.25) is 0 Å². The topological polar surface area (TPSA) is 190 Å². The molecule has 0 aromatic carbocycles. The zero-order chi connectivity index (χ0) is 17.3. The van der Waals surface area contributed by atoms with Gasteiger partial charge in [0.15, 0.2) is 12.6 Å². The number of aliphatic hydroxyl groups is 8. The number of hydrogen-bond acceptors (Lipinski definition) is 11. The number of aliphatic hydroxyl groups excluding tert-OH is 8. The Morgan fingerprint density at radius 1 is 0.652 bits per heavy atom. The molecule has 136 valence electrons. The highest BCUT2D eigenvalue weighted by molar-refractivity contribution is 4.91. The Morgan fingerprint density at radius 2 is 1.22 bits per heavy atom. The third-order valence-corrected chi connectivity index (χ3v) is 3.96. The van der Waals surface area contributed by atoms with Crippen LogP contribution in [-0.2, 0) is 14.2 Å². The van der Waals surface area contributed by atoms with Gasteiger partial charge < -0.3 is 55.1 Å². The molecule has 23 heavy (non-hydrogen) atoms. The van der Waals surface area contributed by atoms with E-state index in [1.165, 1.54) is 0 Å². The van der Waals surface area contributed by atoms with Crippen molar-refractivity contribution in [2.45, 2.75) is 61.4 Å². The van der Waals surface area contributed by atoms with Crippen LogP contribution in [0, 0.1) is 0 Å². The molecule has 2 aliphatic heterocycles. The van der Waals surface area contributed by atoms with Gasteiger partial charge >= 0.3 is 0 Å². The van der Waals surface area contributed by atoms with Crippen LogP contribution in [0.4, 0.5) is 0 Å². The van der Waals surface area contributed by atoms with E-state index in [1.54, 1.807) is 0 Å². The highest BCUT2D eigenvalue weighted by Gasteiger charge is 2.46. The predicted molar refractivity (Wildman–Crippen MR) is 68.6 cm³/mol. The number of rotatable bonds is 4. The van der Waals surface area contributed by atoms with Crippen LogP contribution in [0.3, 0.4) is 0 Å². The third-order valence-electron chi connectivity index (χ3n) is 3.96. The molecule has 8 N–H and O–H groups in total. The van der Waals surface area contributed by atoms with Crippen molar-refractivity contribution in [1.29, 1.82) is 0 Å². The molecule has 2 saturated heterocycles. The third kappa shape index (κ3) is 3.81. The quantitative estimate of drug-likeness (QED) is 0.243. The molecule has 0 aromatic heterocycles. The van der Waals surface area contributed by atoms with Gasteiger partial charge in [0.05, 0.1) is 13.2 Å². The average molecular weight is 342 g/mol. The summed E-state index contributed by atoms with van der Waals surface area (Å²) in [7, 11) is 0. The maximum Gasteiger partial charge on any atom is 0.186 e. The number of hydrogen-bond donors (Lipinski definition) is 8. The minimum atomic E-state index is -1.74. The average Bonchev–Trinajstić information content (AvgIpc) is 2.54. The fraction of sp³-hybridized carbons (Fsp3) is 1.00. The van der Waals surface area contributed by atoms with E-state index in [1.807, 2.05) is 0 Å². The van der Waals surface area contributed by atoms with Crippen LogP contribution in [0.25, 0.3) is 0 Å². The highest BCUT2D eigenvalue weighted by atomic mass is 16.7. The van der Waals surface area contributed by atoms with Crippen molar-refractivity contribution < 1.29 is 55.1 Å². The second-order valence-electron chi connectivity index (χ2n) is 5.57. The van der Waals surface area contributed by atoms with Crippen LogP contribution in [0.1, 0.15) is 0 Å². The molecule has 0 unspecified atom stereocenters. The first kappa shape index (κ1) is 18.9. The molecule has 0 amide bonds. The molecule has 2 fully saturated rings. The molecule has 0 aromatic rings. The van der Waals surface area contributed by atoms with Crippen molar-refractivity contribution in [3.63, 3.8) is 0 Å². The van der Waals surface area contributed by atoms with Crippen molar-refractivity contribution in [2.24, 2.45) is 0 Å². The lowest BCUT2D eigenvalue weighted by Crippen LogP contribution is -2.61. The lowest BCUT2D eigenvalue weighted by Gasteiger charge is -2.41. The second kappa shape index (κ2) is 7.63. The Hall–Kier alpha value is -0.440. The van der Waals surface area contributed by atoms with Gasteiger partial charge in [-0.25, -0.2) is 0 Å². The molecule has 2 heterocycles. The summed E-state index contributed by atoms with van der Waals surface area (Å²) in [5.74, 6) is 0. The molecule has 11 heteroatoms. The smallest absolute Gasteiger partial charge is 0.186 e. The summed E-state index contributed by atoms with van der Waals surface area (Å²) in [6, 6.07) is 0. The van der Waals surface area contributed by atoms with Gasteiger partial charge in [-0.05, 0) is 0 Å². The fourth-order valence-electron chi connectivity index (χ4n) is 2.46. The Balaban J connectivity index is 1.94. The Labute approximate surface area is 130 Å². The second-order valence-corrected chi connectivity index (χ2v) is 5.57. The maximum absolute atomic E-state index is 9.78. The van der Waals surface area contributed by atoms with E-state index in [0.29, 0.717) is 0 Å². The highest BCUT2D eigenvalue weighted by Crippen LogP contribution is 2.24. The summed E-state index contributed by atoms with van der Waals surface area (Å²) in [6.07, 6.45) is -15.3. The monoisotopic (exact) mass is 342 g/mol. The number of ether oxygens (including phenoxy) is 3. The SMILES string of the molecule is OC[C@H]1O[C@@H](OC[C@H]2O[C@H](O)[C@@H](O)[C@@H](O)[C@@H]2O)[C@H](O)[C@@H](O)[C@H]1O. The summed E-state index contributed by atoms with van der Waals surface area (Å²) in [6.45, 7) is -1.10. The Bertz CT molecular complexity index is 380. The molecule has 10 atom stereocenters. The molecule has 2 aliphatic rings. The fourth-order valence-corrected chi connectivity index (χ4v) is 2.46. The zero-order valence-corrected chi connectivity index (χ0v) is 12.0. The van der Waals surface area contributed by atoms with E-state index in [-0.39, 0.29) is 0 Å². The van der Waals surface area contributed by atoms with Crippen LogP contribution >= 0.6 is 0 Å². The van der Waals surface area contributed by atoms with Crippen LogP contribution in [0.15, 0.2) is 0 Å². The molecule has 11 nitrogen and oxygen atoms in total. The molecular formula is C12H22O11. The van der Waals surface area contributed by atoms with Crippen molar-refractivity contribution in [3.8, 4) is 0 Å². The van der Waals surface area contributed by atoms with Gasteiger partial charge in [0.1, 0.15) is 48.8 Å². The van der Waals surface area contributed by atoms with Crippen molar-refractivity contribution in [3.05, 3.63) is 0 Å². The minimum absolute atomic E-state index is 0.468. The van der Waals surface area contributed by atoms with Gasteiger partial charge in [0.2, 0.25) is 0 Å². The van der Waals surface area contributed by atoms with Gasteiger partial charge in [0, 0.05) is 0 Å². The lowest BCUT2D eigenvalue weighted by molar-refractivity contribution is -0.325. The first-order valence-corrected chi connectivity index (χ1v) is 7.07. The van der Waals surface area contributed by atoms with E-state index in [2.05, 4.69) is 0 Å². The van der Waals surface area contributed by atoms with Gasteiger partial charge in [0.25, 0.3) is 0 Å². The molecule has 0 saturated carbocycles. The summed E-state index contributed by atoms with van der Waals surface area (Å²) in [5, 5.41) is 76.1. The largest absolute Gasteiger partial charge is 0.394 e. The molecule has 0 radical (unpaired) electrons.